The molecule has 6 heteroatoms. The molecule has 3 aromatic rings. The number of hydrogen-bond acceptors (Lipinski definition) is 4. The predicted molar refractivity (Wildman–Crippen MR) is 94.5 cm³/mol. The zero-order valence-corrected chi connectivity index (χ0v) is 14.0. The van der Waals surface area contributed by atoms with E-state index in [1.54, 1.807) is 6.20 Å². The van der Waals surface area contributed by atoms with E-state index in [1.807, 2.05) is 24.3 Å². The molecule has 0 saturated heterocycles. The van der Waals surface area contributed by atoms with Crippen LogP contribution >= 0.6 is 12.4 Å². The second kappa shape index (κ2) is 7.03. The average Bonchev–Trinajstić information content (AvgIpc) is 2.93. The first-order valence-corrected chi connectivity index (χ1v) is 7.78. The molecule has 1 aromatic carbocycles. The van der Waals surface area contributed by atoms with Crippen LogP contribution < -0.4 is 0 Å². The van der Waals surface area contributed by atoms with Gasteiger partial charge in [0.1, 0.15) is 0 Å². The van der Waals surface area contributed by atoms with Crippen LogP contribution in [0.25, 0.3) is 5.82 Å². The van der Waals surface area contributed by atoms with Crippen LogP contribution in [0.2, 0.25) is 0 Å². The summed E-state index contributed by atoms with van der Waals surface area (Å²) in [5.41, 5.74) is 3.18. The number of nitrogens with zero attached hydrogens (tertiary/aromatic N) is 4. The third-order valence-electron chi connectivity index (χ3n) is 4.21. The number of benzene rings is 1. The molecule has 4 rings (SSSR count). The molecule has 0 aliphatic carbocycles. The van der Waals surface area contributed by atoms with Crippen LogP contribution in [0.3, 0.4) is 0 Å². The van der Waals surface area contributed by atoms with Crippen molar-refractivity contribution < 1.29 is 5.11 Å². The van der Waals surface area contributed by atoms with Crippen molar-refractivity contribution in [3.63, 3.8) is 0 Å². The molecule has 0 bridgehead atoms. The normalized spacial score (nSPS) is 14.0. The quantitative estimate of drug-likeness (QED) is 0.795. The van der Waals surface area contributed by atoms with Gasteiger partial charge in [0.25, 0.3) is 0 Å². The van der Waals surface area contributed by atoms with Crippen molar-refractivity contribution in [2.75, 3.05) is 6.54 Å². The van der Waals surface area contributed by atoms with Crippen LogP contribution in [0.5, 0.6) is 5.88 Å². The van der Waals surface area contributed by atoms with E-state index in [0.717, 1.165) is 37.3 Å². The van der Waals surface area contributed by atoms with Gasteiger partial charge < -0.3 is 5.11 Å². The molecule has 0 unspecified atom stereocenters. The highest BCUT2D eigenvalue weighted by Crippen LogP contribution is 2.29. The Morgan fingerprint density at radius 1 is 1.04 bits per heavy atom. The first-order chi connectivity index (χ1) is 11.3. The van der Waals surface area contributed by atoms with Gasteiger partial charge in [0.05, 0.1) is 5.69 Å². The van der Waals surface area contributed by atoms with Crippen molar-refractivity contribution >= 4 is 12.4 Å². The minimum atomic E-state index is 0. The molecule has 1 N–H and O–H groups in total. The lowest BCUT2D eigenvalue weighted by Gasteiger charge is -2.25. The number of halogens is 1. The van der Waals surface area contributed by atoms with Crippen molar-refractivity contribution in [3.05, 3.63) is 71.5 Å². The summed E-state index contributed by atoms with van der Waals surface area (Å²) in [7, 11) is 0. The summed E-state index contributed by atoms with van der Waals surface area (Å²) in [5.74, 6) is 0.868. The van der Waals surface area contributed by atoms with Crippen LogP contribution in [0.4, 0.5) is 0 Å². The van der Waals surface area contributed by atoms with Gasteiger partial charge in [0.2, 0.25) is 5.88 Å². The summed E-state index contributed by atoms with van der Waals surface area (Å²) in [6, 6.07) is 16.0. The second-order valence-corrected chi connectivity index (χ2v) is 5.79. The van der Waals surface area contributed by atoms with Crippen molar-refractivity contribution in [2.45, 2.75) is 19.5 Å². The van der Waals surface area contributed by atoms with E-state index >= 15 is 0 Å². The Bertz CT molecular complexity index is 805. The smallest absolute Gasteiger partial charge is 0.219 e. The van der Waals surface area contributed by atoms with Crippen molar-refractivity contribution in [1.82, 2.24) is 19.7 Å². The first-order valence-electron chi connectivity index (χ1n) is 7.78. The predicted octanol–water partition coefficient (Wildman–Crippen LogP) is 2.95. The summed E-state index contributed by atoms with van der Waals surface area (Å²) in [4.78, 5) is 6.62. The Morgan fingerprint density at radius 3 is 2.58 bits per heavy atom. The van der Waals surface area contributed by atoms with Crippen LogP contribution in [-0.2, 0) is 19.5 Å². The van der Waals surface area contributed by atoms with E-state index in [9.17, 15) is 5.11 Å². The van der Waals surface area contributed by atoms with Gasteiger partial charge in [-0.15, -0.1) is 12.4 Å². The van der Waals surface area contributed by atoms with Crippen LogP contribution in [0.15, 0.2) is 54.7 Å². The molecule has 5 nitrogen and oxygen atoms in total. The molecule has 0 spiro atoms. The van der Waals surface area contributed by atoms with Crippen LogP contribution in [0.1, 0.15) is 16.8 Å². The summed E-state index contributed by atoms with van der Waals surface area (Å²) < 4.78 is 1.54. The van der Waals surface area contributed by atoms with Crippen molar-refractivity contribution in [2.24, 2.45) is 0 Å². The van der Waals surface area contributed by atoms with Crippen LogP contribution in [0, 0.1) is 0 Å². The van der Waals surface area contributed by atoms with Gasteiger partial charge in [0, 0.05) is 31.4 Å². The average molecular weight is 343 g/mol. The topological polar surface area (TPSA) is 54.2 Å². The monoisotopic (exact) mass is 342 g/mol. The maximum Gasteiger partial charge on any atom is 0.219 e. The molecule has 1 aliphatic heterocycles. The van der Waals surface area contributed by atoms with Gasteiger partial charge in [-0.25, -0.2) is 4.98 Å². The number of pyridine rings is 1. The minimum Gasteiger partial charge on any atom is -0.493 e. The fourth-order valence-corrected chi connectivity index (χ4v) is 3.04. The van der Waals surface area contributed by atoms with E-state index in [-0.39, 0.29) is 18.3 Å². The van der Waals surface area contributed by atoms with E-state index < -0.39 is 0 Å². The van der Waals surface area contributed by atoms with Gasteiger partial charge in [0.15, 0.2) is 5.82 Å². The molecule has 0 fully saturated rings. The highest BCUT2D eigenvalue weighted by Gasteiger charge is 2.25. The Balaban J connectivity index is 0.00000169. The standard InChI is InChI=1S/C18H18N4O.ClH/c23-18-15-9-11-21(12-14-6-2-1-3-7-14)13-16(15)20-22(18)17-8-4-5-10-19-17;/h1-8,10,23H,9,11-13H2;1H. The Kier molecular flexibility index (Phi) is 4.83. The number of fused-ring (bicyclic) bond motifs is 1. The lowest BCUT2D eigenvalue weighted by Crippen LogP contribution is -2.29. The second-order valence-electron chi connectivity index (χ2n) is 5.79. The van der Waals surface area contributed by atoms with E-state index in [4.69, 9.17) is 0 Å². The SMILES string of the molecule is Cl.Oc1c2c(nn1-c1ccccn1)CN(Cc1ccccc1)CC2. The van der Waals surface area contributed by atoms with E-state index in [2.05, 4.69) is 39.2 Å². The first kappa shape index (κ1) is 16.5. The van der Waals surface area contributed by atoms with Crippen molar-refractivity contribution in [1.29, 1.82) is 0 Å². The number of rotatable bonds is 3. The highest BCUT2D eigenvalue weighted by molar-refractivity contribution is 5.85. The molecule has 2 aromatic heterocycles. The zero-order chi connectivity index (χ0) is 15.6. The maximum atomic E-state index is 10.4. The van der Waals surface area contributed by atoms with Gasteiger partial charge in [-0.05, 0) is 24.1 Å². The lowest BCUT2D eigenvalue weighted by atomic mass is 10.1. The van der Waals surface area contributed by atoms with Gasteiger partial charge in [-0.1, -0.05) is 36.4 Å². The molecule has 1 aliphatic rings. The fraction of sp³-hybridized carbons (Fsp3) is 0.222. The fourth-order valence-electron chi connectivity index (χ4n) is 3.04. The van der Waals surface area contributed by atoms with Crippen molar-refractivity contribution in [3.8, 4) is 11.7 Å². The van der Waals surface area contributed by atoms with Crippen LogP contribution in [-0.4, -0.2) is 31.3 Å². The Hall–Kier alpha value is -2.37. The van der Waals surface area contributed by atoms with E-state index in [0.29, 0.717) is 5.82 Å². The largest absolute Gasteiger partial charge is 0.493 e. The summed E-state index contributed by atoms with van der Waals surface area (Å²) in [6.07, 6.45) is 2.51. The van der Waals surface area contributed by atoms with E-state index in [1.165, 1.54) is 10.2 Å². The maximum absolute atomic E-state index is 10.4. The van der Waals surface area contributed by atoms with Gasteiger partial charge >= 0.3 is 0 Å². The summed E-state index contributed by atoms with van der Waals surface area (Å²) >= 11 is 0. The molecular formula is C18H19ClN4O. The summed E-state index contributed by atoms with van der Waals surface area (Å²) in [5, 5.41) is 15.0. The third kappa shape index (κ3) is 3.13. The molecule has 24 heavy (non-hydrogen) atoms. The molecule has 0 atom stereocenters. The molecule has 0 saturated carbocycles. The number of aromatic nitrogens is 3. The van der Waals surface area contributed by atoms with Gasteiger partial charge in [-0.3, -0.25) is 4.90 Å². The molecule has 0 radical (unpaired) electrons. The Labute approximate surface area is 147 Å². The molecule has 3 heterocycles. The molecule has 0 amide bonds. The number of hydrogen-bond donors (Lipinski definition) is 1. The third-order valence-corrected chi connectivity index (χ3v) is 4.21. The number of aromatic hydroxyl groups is 1. The minimum absolute atomic E-state index is 0. The molecular weight excluding hydrogens is 324 g/mol. The highest BCUT2D eigenvalue weighted by atomic mass is 35.5. The van der Waals surface area contributed by atoms with Gasteiger partial charge in [-0.2, -0.15) is 9.78 Å². The zero-order valence-electron chi connectivity index (χ0n) is 13.2. The molecule has 124 valence electrons. The summed E-state index contributed by atoms with van der Waals surface area (Å²) in [6.45, 7) is 2.57. The Morgan fingerprint density at radius 2 is 1.83 bits per heavy atom. The lowest BCUT2D eigenvalue weighted by molar-refractivity contribution is 0.241.